The molecule has 0 saturated heterocycles. The standard InChI is InChI=1S/C20H23N5O3S2/c1-13-5-4-6-17(14(13)2)24-30(27,28)16-9-7-15(8-10-16)19(26)21-12-11-18-22-23-20(29)25(18)3/h4-10,24H,11-12H2,1-3H3,(H,21,26)(H,23,29). The van der Waals surface area contributed by atoms with E-state index in [1.165, 1.54) is 24.3 Å². The van der Waals surface area contributed by atoms with Crippen molar-refractivity contribution >= 4 is 33.8 Å². The van der Waals surface area contributed by atoms with Crippen LogP contribution in [0.2, 0.25) is 0 Å². The van der Waals surface area contributed by atoms with Gasteiger partial charge in [0, 0.05) is 25.6 Å². The van der Waals surface area contributed by atoms with Gasteiger partial charge in [-0.15, -0.1) is 0 Å². The van der Waals surface area contributed by atoms with E-state index in [-0.39, 0.29) is 10.8 Å². The van der Waals surface area contributed by atoms with E-state index in [2.05, 4.69) is 20.2 Å². The molecular weight excluding hydrogens is 422 g/mol. The van der Waals surface area contributed by atoms with Crippen molar-refractivity contribution in [1.82, 2.24) is 20.1 Å². The molecule has 0 radical (unpaired) electrons. The smallest absolute Gasteiger partial charge is 0.261 e. The maximum atomic E-state index is 12.7. The van der Waals surface area contributed by atoms with Crippen LogP contribution in [0.25, 0.3) is 0 Å². The van der Waals surface area contributed by atoms with Gasteiger partial charge in [-0.3, -0.25) is 14.6 Å². The zero-order chi connectivity index (χ0) is 21.9. The highest BCUT2D eigenvalue weighted by molar-refractivity contribution is 7.92. The first-order valence-electron chi connectivity index (χ1n) is 9.26. The van der Waals surface area contributed by atoms with E-state index in [1.807, 2.05) is 19.9 Å². The van der Waals surface area contributed by atoms with Crippen molar-refractivity contribution in [2.75, 3.05) is 11.3 Å². The summed E-state index contributed by atoms with van der Waals surface area (Å²) in [6.07, 6.45) is 0.515. The maximum Gasteiger partial charge on any atom is 0.261 e. The van der Waals surface area contributed by atoms with E-state index in [0.717, 1.165) is 17.0 Å². The van der Waals surface area contributed by atoms with Crippen molar-refractivity contribution in [2.45, 2.75) is 25.2 Å². The fourth-order valence-corrected chi connectivity index (χ4v) is 4.12. The number of anilines is 1. The first-order chi connectivity index (χ1) is 14.2. The first-order valence-corrected chi connectivity index (χ1v) is 11.2. The maximum absolute atomic E-state index is 12.7. The third-order valence-corrected chi connectivity index (χ3v) is 6.63. The van der Waals surface area contributed by atoms with Crippen LogP contribution in [0.15, 0.2) is 47.4 Å². The number of carbonyl (C=O) groups excluding carboxylic acids is 1. The Balaban J connectivity index is 1.64. The highest BCUT2D eigenvalue weighted by atomic mass is 32.2. The van der Waals surface area contributed by atoms with Crippen molar-refractivity contribution in [1.29, 1.82) is 0 Å². The second-order valence-electron chi connectivity index (χ2n) is 6.89. The molecule has 10 heteroatoms. The van der Waals surface area contributed by atoms with E-state index < -0.39 is 10.0 Å². The molecule has 2 aromatic carbocycles. The summed E-state index contributed by atoms with van der Waals surface area (Å²) in [7, 11) is -1.96. The molecule has 8 nitrogen and oxygen atoms in total. The largest absolute Gasteiger partial charge is 0.352 e. The minimum Gasteiger partial charge on any atom is -0.352 e. The molecule has 0 aliphatic carbocycles. The molecule has 0 fully saturated rings. The molecule has 1 aromatic heterocycles. The van der Waals surface area contributed by atoms with E-state index in [1.54, 1.807) is 23.7 Å². The number of hydrogen-bond donors (Lipinski definition) is 3. The molecule has 0 bridgehead atoms. The van der Waals surface area contributed by atoms with Gasteiger partial charge < -0.3 is 9.88 Å². The molecule has 1 amide bonds. The Morgan fingerprint density at radius 3 is 2.50 bits per heavy atom. The lowest BCUT2D eigenvalue weighted by atomic mass is 10.1. The minimum absolute atomic E-state index is 0.0847. The van der Waals surface area contributed by atoms with Crippen LogP contribution < -0.4 is 10.0 Å². The van der Waals surface area contributed by atoms with Crippen molar-refractivity contribution in [2.24, 2.45) is 7.05 Å². The van der Waals surface area contributed by atoms with Crippen molar-refractivity contribution in [3.63, 3.8) is 0 Å². The topological polar surface area (TPSA) is 109 Å². The van der Waals surface area contributed by atoms with Gasteiger partial charge in [0.05, 0.1) is 10.6 Å². The van der Waals surface area contributed by atoms with Gasteiger partial charge >= 0.3 is 0 Å². The Hall–Kier alpha value is -2.98. The predicted octanol–water partition coefficient (Wildman–Crippen LogP) is 2.87. The average Bonchev–Trinajstić information content (AvgIpc) is 3.03. The number of carbonyl (C=O) groups is 1. The molecule has 158 valence electrons. The molecule has 3 aromatic rings. The molecule has 0 saturated carbocycles. The molecule has 0 atom stereocenters. The lowest BCUT2D eigenvalue weighted by Crippen LogP contribution is -2.26. The second kappa shape index (κ2) is 8.80. The molecule has 0 unspecified atom stereocenters. The number of nitrogens with one attached hydrogen (secondary N) is 3. The fourth-order valence-electron chi connectivity index (χ4n) is 2.84. The summed E-state index contributed by atoms with van der Waals surface area (Å²) >= 11 is 5.05. The number of amides is 1. The Bertz CT molecular complexity index is 1230. The van der Waals surface area contributed by atoms with Crippen molar-refractivity contribution in [3.8, 4) is 0 Å². The van der Waals surface area contributed by atoms with Gasteiger partial charge in [-0.05, 0) is 67.5 Å². The van der Waals surface area contributed by atoms with Gasteiger partial charge in [0.2, 0.25) is 0 Å². The Labute approximate surface area is 180 Å². The third-order valence-electron chi connectivity index (χ3n) is 4.88. The van der Waals surface area contributed by atoms with E-state index in [0.29, 0.717) is 29.0 Å². The summed E-state index contributed by atoms with van der Waals surface area (Å²) in [5.41, 5.74) is 2.77. The number of rotatable bonds is 7. The third kappa shape index (κ3) is 4.77. The van der Waals surface area contributed by atoms with E-state index >= 15 is 0 Å². The molecule has 30 heavy (non-hydrogen) atoms. The zero-order valence-corrected chi connectivity index (χ0v) is 18.5. The monoisotopic (exact) mass is 445 g/mol. The van der Waals surface area contributed by atoms with E-state index in [4.69, 9.17) is 12.2 Å². The van der Waals surface area contributed by atoms with Crippen LogP contribution in [0.3, 0.4) is 0 Å². The Morgan fingerprint density at radius 1 is 1.17 bits per heavy atom. The summed E-state index contributed by atoms with van der Waals surface area (Å²) in [6.45, 7) is 4.16. The lowest BCUT2D eigenvalue weighted by Gasteiger charge is -2.12. The van der Waals surface area contributed by atoms with Crippen LogP contribution in [-0.2, 0) is 23.5 Å². The molecule has 0 spiro atoms. The zero-order valence-electron chi connectivity index (χ0n) is 16.9. The average molecular weight is 446 g/mol. The Morgan fingerprint density at radius 2 is 1.87 bits per heavy atom. The number of sulfonamides is 1. The number of nitrogens with zero attached hydrogens (tertiary/aromatic N) is 2. The van der Waals surface area contributed by atoms with Crippen LogP contribution in [0.5, 0.6) is 0 Å². The van der Waals surface area contributed by atoms with Crippen LogP contribution in [0.4, 0.5) is 5.69 Å². The highest BCUT2D eigenvalue weighted by Gasteiger charge is 2.16. The summed E-state index contributed by atoms with van der Waals surface area (Å²) in [5, 5.41) is 9.57. The van der Waals surface area contributed by atoms with Gasteiger partial charge in [0.25, 0.3) is 15.9 Å². The van der Waals surface area contributed by atoms with Crippen molar-refractivity contribution in [3.05, 3.63) is 69.8 Å². The summed E-state index contributed by atoms with van der Waals surface area (Å²) in [4.78, 5) is 12.4. The van der Waals surface area contributed by atoms with Gasteiger partial charge in [0.15, 0.2) is 4.77 Å². The van der Waals surface area contributed by atoms with Crippen LogP contribution in [-0.4, -0.2) is 35.6 Å². The highest BCUT2D eigenvalue weighted by Crippen LogP contribution is 2.22. The molecular formula is C20H23N5O3S2. The number of aromatic amines is 1. The summed E-state index contributed by atoms with van der Waals surface area (Å²) in [5.74, 6) is 0.442. The van der Waals surface area contributed by atoms with Crippen molar-refractivity contribution < 1.29 is 13.2 Å². The Kier molecular flexibility index (Phi) is 6.37. The molecule has 3 N–H and O–H groups in total. The molecule has 0 aliphatic rings. The number of aromatic nitrogens is 3. The number of aryl methyl sites for hydroxylation is 1. The van der Waals surface area contributed by atoms with Gasteiger partial charge in [-0.2, -0.15) is 5.10 Å². The van der Waals surface area contributed by atoms with Gasteiger partial charge in [0.1, 0.15) is 5.82 Å². The summed E-state index contributed by atoms with van der Waals surface area (Å²) in [6, 6.07) is 11.2. The molecule has 1 heterocycles. The van der Waals surface area contributed by atoms with Gasteiger partial charge in [-0.1, -0.05) is 12.1 Å². The SMILES string of the molecule is Cc1cccc(NS(=O)(=O)c2ccc(C(=O)NCCc3n[nH]c(=S)n3C)cc2)c1C. The van der Waals surface area contributed by atoms with Gasteiger partial charge in [-0.25, -0.2) is 8.42 Å². The quantitative estimate of drug-likeness (QED) is 0.485. The molecule has 3 rings (SSSR count). The lowest BCUT2D eigenvalue weighted by molar-refractivity contribution is 0.0954. The summed E-state index contributed by atoms with van der Waals surface area (Å²) < 4.78 is 30.2. The number of H-pyrrole nitrogens is 1. The number of benzene rings is 2. The van der Waals surface area contributed by atoms with Crippen LogP contribution in [0, 0.1) is 18.6 Å². The first kappa shape index (κ1) is 21.7. The number of hydrogen-bond acceptors (Lipinski definition) is 5. The fraction of sp³-hybridized carbons (Fsp3) is 0.250. The minimum atomic E-state index is -3.76. The normalized spacial score (nSPS) is 11.3. The van der Waals surface area contributed by atoms with Crippen LogP contribution in [0.1, 0.15) is 27.3 Å². The second-order valence-corrected chi connectivity index (χ2v) is 8.96. The predicted molar refractivity (Wildman–Crippen MR) is 118 cm³/mol. The van der Waals surface area contributed by atoms with Crippen LogP contribution >= 0.6 is 12.2 Å². The van der Waals surface area contributed by atoms with E-state index in [9.17, 15) is 13.2 Å². The molecule has 0 aliphatic heterocycles.